The predicted octanol–water partition coefficient (Wildman–Crippen LogP) is 2.13. The molecule has 2 N–H and O–H groups in total. The highest BCUT2D eigenvalue weighted by Gasteiger charge is 2.32. The van der Waals surface area contributed by atoms with Gasteiger partial charge in [-0.1, -0.05) is 12.1 Å². The zero-order chi connectivity index (χ0) is 13.6. The van der Waals surface area contributed by atoms with Crippen molar-refractivity contribution >= 4 is 11.8 Å². The van der Waals surface area contributed by atoms with E-state index in [4.69, 9.17) is 5.11 Å². The first-order chi connectivity index (χ1) is 8.42. The Bertz CT molecular complexity index is 408. The summed E-state index contributed by atoms with van der Waals surface area (Å²) in [7, 11) is 0. The number of anilines is 1. The molecule has 0 bridgehead atoms. The van der Waals surface area contributed by atoms with Crippen molar-refractivity contribution in [3.05, 3.63) is 24.3 Å². The number of alkyl halides is 3. The summed E-state index contributed by atoms with van der Waals surface area (Å²) in [6.07, 6.45) is -5.84. The first kappa shape index (κ1) is 14.1. The van der Waals surface area contributed by atoms with Gasteiger partial charge >= 0.3 is 12.5 Å². The number of benzene rings is 1. The summed E-state index contributed by atoms with van der Waals surface area (Å²) in [6, 6.07) is 5.02. The molecule has 1 amide bonds. The molecule has 0 spiro atoms. The maximum absolute atomic E-state index is 12.1. The van der Waals surface area contributed by atoms with Crippen LogP contribution in [0.25, 0.3) is 0 Å². The molecule has 1 aromatic carbocycles. The molecule has 0 unspecified atom stereocenters. The molecule has 0 saturated heterocycles. The molecule has 1 rings (SSSR count). The summed E-state index contributed by atoms with van der Waals surface area (Å²) in [5, 5.41) is 10.5. The molecule has 0 aromatic heterocycles. The van der Waals surface area contributed by atoms with E-state index >= 15 is 0 Å². The first-order valence-electron chi connectivity index (χ1n) is 4.82. The summed E-state index contributed by atoms with van der Waals surface area (Å²) in [4.78, 5) is 11.1. The van der Waals surface area contributed by atoms with Gasteiger partial charge in [0.2, 0.25) is 0 Å². The van der Waals surface area contributed by atoms with E-state index in [1.165, 1.54) is 18.2 Å². The van der Waals surface area contributed by atoms with E-state index in [0.717, 1.165) is 6.07 Å². The van der Waals surface area contributed by atoms with Crippen molar-refractivity contribution in [2.24, 2.45) is 0 Å². The van der Waals surface area contributed by atoms with E-state index in [2.05, 4.69) is 14.8 Å². The van der Waals surface area contributed by atoms with Crippen molar-refractivity contribution in [2.75, 3.05) is 18.5 Å². The summed E-state index contributed by atoms with van der Waals surface area (Å²) >= 11 is 0. The van der Waals surface area contributed by atoms with Gasteiger partial charge in [-0.3, -0.25) is 5.32 Å². The van der Waals surface area contributed by atoms with Crippen molar-refractivity contribution in [3.63, 3.8) is 0 Å². The lowest BCUT2D eigenvalue weighted by Crippen LogP contribution is -2.20. The van der Waals surface area contributed by atoms with Gasteiger partial charge in [-0.25, -0.2) is 4.79 Å². The molecule has 0 aliphatic heterocycles. The van der Waals surface area contributed by atoms with Crippen molar-refractivity contribution in [1.82, 2.24) is 0 Å². The number of carbonyl (C=O) groups is 1. The van der Waals surface area contributed by atoms with Crippen LogP contribution in [0.15, 0.2) is 24.3 Å². The molecule has 0 saturated carbocycles. The van der Waals surface area contributed by atoms with Gasteiger partial charge in [0, 0.05) is 0 Å². The fourth-order valence-corrected chi connectivity index (χ4v) is 1.07. The lowest BCUT2D eigenvalue weighted by molar-refractivity contribution is -0.274. The van der Waals surface area contributed by atoms with Crippen molar-refractivity contribution < 1.29 is 32.5 Å². The largest absolute Gasteiger partial charge is 0.573 e. The molecule has 0 atom stereocenters. The molecular weight excluding hydrogens is 255 g/mol. The van der Waals surface area contributed by atoms with Gasteiger partial charge < -0.3 is 14.6 Å². The molecule has 1 aromatic rings. The second-order valence-corrected chi connectivity index (χ2v) is 3.03. The maximum Gasteiger partial charge on any atom is 0.573 e. The van der Waals surface area contributed by atoms with Gasteiger partial charge in [-0.15, -0.1) is 13.2 Å². The zero-order valence-corrected chi connectivity index (χ0v) is 9.03. The van der Waals surface area contributed by atoms with Crippen LogP contribution >= 0.6 is 0 Å². The molecule has 0 fully saturated rings. The SMILES string of the molecule is O=C(Nc1ccccc1OC(F)(F)F)OCCO. The van der Waals surface area contributed by atoms with E-state index in [1.54, 1.807) is 0 Å². The Hall–Kier alpha value is -1.96. The van der Waals surface area contributed by atoms with E-state index in [9.17, 15) is 18.0 Å². The Kier molecular flexibility index (Phi) is 4.78. The lowest BCUT2D eigenvalue weighted by Gasteiger charge is -2.13. The molecule has 100 valence electrons. The number of hydrogen-bond acceptors (Lipinski definition) is 4. The topological polar surface area (TPSA) is 67.8 Å². The Labute approximate surface area is 100 Å². The van der Waals surface area contributed by atoms with Gasteiger partial charge in [-0.2, -0.15) is 0 Å². The number of aliphatic hydroxyl groups is 1. The number of aliphatic hydroxyl groups excluding tert-OH is 1. The summed E-state index contributed by atoms with van der Waals surface area (Å²) in [5.74, 6) is -0.550. The smallest absolute Gasteiger partial charge is 0.447 e. The Balaban J connectivity index is 2.73. The second kappa shape index (κ2) is 6.10. The lowest BCUT2D eigenvalue weighted by atomic mass is 10.3. The molecule has 18 heavy (non-hydrogen) atoms. The average molecular weight is 265 g/mol. The minimum atomic E-state index is -4.85. The standard InChI is InChI=1S/C10H10F3NO4/c11-10(12,13)18-8-4-2-1-3-7(8)14-9(16)17-6-5-15/h1-4,15H,5-6H2,(H,14,16). The van der Waals surface area contributed by atoms with Crippen molar-refractivity contribution in [1.29, 1.82) is 0 Å². The molecule has 0 aliphatic rings. The molecule has 5 nitrogen and oxygen atoms in total. The van der Waals surface area contributed by atoms with Gasteiger partial charge in [0.1, 0.15) is 6.61 Å². The van der Waals surface area contributed by atoms with Gasteiger partial charge in [0.05, 0.1) is 12.3 Å². The van der Waals surface area contributed by atoms with Gasteiger partial charge in [0.25, 0.3) is 0 Å². The quantitative estimate of drug-likeness (QED) is 0.875. The van der Waals surface area contributed by atoms with Gasteiger partial charge in [-0.05, 0) is 12.1 Å². The highest BCUT2D eigenvalue weighted by Crippen LogP contribution is 2.29. The fraction of sp³-hybridized carbons (Fsp3) is 0.300. The monoisotopic (exact) mass is 265 g/mol. The molecule has 0 heterocycles. The van der Waals surface area contributed by atoms with E-state index in [1.807, 2.05) is 0 Å². The summed E-state index contributed by atoms with van der Waals surface area (Å²) in [5.41, 5.74) is -0.183. The third-order valence-corrected chi connectivity index (χ3v) is 1.67. The van der Waals surface area contributed by atoms with Crippen molar-refractivity contribution in [3.8, 4) is 5.75 Å². The first-order valence-corrected chi connectivity index (χ1v) is 4.82. The van der Waals surface area contributed by atoms with E-state index < -0.39 is 18.2 Å². The van der Waals surface area contributed by atoms with Crippen LogP contribution in [0, 0.1) is 0 Å². The fourth-order valence-electron chi connectivity index (χ4n) is 1.07. The minimum absolute atomic E-state index is 0.183. The Morgan fingerprint density at radius 2 is 2.00 bits per heavy atom. The number of para-hydroxylation sites is 2. The van der Waals surface area contributed by atoms with Crippen LogP contribution in [-0.2, 0) is 4.74 Å². The normalized spacial score (nSPS) is 10.9. The maximum atomic E-state index is 12.1. The number of halogens is 3. The molecule has 8 heteroatoms. The van der Waals surface area contributed by atoms with Crippen molar-refractivity contribution in [2.45, 2.75) is 6.36 Å². The predicted molar refractivity (Wildman–Crippen MR) is 55.2 cm³/mol. The number of ether oxygens (including phenoxy) is 2. The van der Waals surface area contributed by atoms with Crippen LogP contribution in [-0.4, -0.2) is 30.8 Å². The molecular formula is C10H10F3NO4. The van der Waals surface area contributed by atoms with Gasteiger partial charge in [0.15, 0.2) is 5.75 Å². The molecule has 0 aliphatic carbocycles. The van der Waals surface area contributed by atoms with Crippen LogP contribution in [0.4, 0.5) is 23.7 Å². The number of nitrogens with one attached hydrogen (secondary N) is 1. The number of hydrogen-bond donors (Lipinski definition) is 2. The second-order valence-electron chi connectivity index (χ2n) is 3.03. The van der Waals surface area contributed by atoms with Crippen LogP contribution < -0.4 is 10.1 Å². The third-order valence-electron chi connectivity index (χ3n) is 1.67. The Morgan fingerprint density at radius 3 is 2.61 bits per heavy atom. The van der Waals surface area contributed by atoms with Crippen LogP contribution in [0.3, 0.4) is 0 Å². The average Bonchev–Trinajstić information content (AvgIpc) is 2.27. The number of carbonyl (C=O) groups excluding carboxylic acids is 1. The molecule has 0 radical (unpaired) electrons. The Morgan fingerprint density at radius 1 is 1.33 bits per heavy atom. The van der Waals surface area contributed by atoms with Crippen LogP contribution in [0.5, 0.6) is 5.75 Å². The summed E-state index contributed by atoms with van der Waals surface area (Å²) < 4.78 is 44.3. The van der Waals surface area contributed by atoms with Crippen LogP contribution in [0.2, 0.25) is 0 Å². The van der Waals surface area contributed by atoms with Crippen LogP contribution in [0.1, 0.15) is 0 Å². The zero-order valence-electron chi connectivity index (χ0n) is 9.03. The van der Waals surface area contributed by atoms with E-state index in [0.29, 0.717) is 0 Å². The number of rotatable bonds is 4. The van der Waals surface area contributed by atoms with E-state index in [-0.39, 0.29) is 18.9 Å². The third kappa shape index (κ3) is 4.91. The number of amides is 1. The highest BCUT2D eigenvalue weighted by molar-refractivity contribution is 5.86. The summed E-state index contributed by atoms with van der Waals surface area (Å²) in [6.45, 7) is -0.637. The minimum Gasteiger partial charge on any atom is -0.447 e. The highest BCUT2D eigenvalue weighted by atomic mass is 19.4.